The number of fused-ring (bicyclic) bond motifs is 3. The predicted octanol–water partition coefficient (Wildman–Crippen LogP) is 3.28. The third kappa shape index (κ3) is 5.57. The van der Waals surface area contributed by atoms with Crippen molar-refractivity contribution in [2.45, 2.75) is 44.4 Å². The molecule has 256 valence electrons. The summed E-state index contributed by atoms with van der Waals surface area (Å²) < 4.78 is 5.74. The van der Waals surface area contributed by atoms with E-state index < -0.39 is 58.0 Å². The third-order valence-corrected chi connectivity index (χ3v) is 10.2. The zero-order valence-corrected chi connectivity index (χ0v) is 27.9. The Balaban J connectivity index is 1.39. The van der Waals surface area contributed by atoms with Crippen LogP contribution in [0.5, 0.6) is 11.5 Å². The number of rotatable bonds is 9. The van der Waals surface area contributed by atoms with E-state index in [1.165, 1.54) is 22.1 Å². The maximum Gasteiger partial charge on any atom is 0.255 e. The lowest BCUT2D eigenvalue weighted by Gasteiger charge is -2.50. The van der Waals surface area contributed by atoms with Gasteiger partial charge in [0.15, 0.2) is 11.4 Å². The summed E-state index contributed by atoms with van der Waals surface area (Å²) in [7, 11) is 4.70. The third-order valence-electron chi connectivity index (χ3n) is 10.2. The van der Waals surface area contributed by atoms with E-state index >= 15 is 0 Å². The Morgan fingerprint density at radius 3 is 2.37 bits per heavy atom. The molecule has 0 aromatic heterocycles. The summed E-state index contributed by atoms with van der Waals surface area (Å²) in [5.41, 5.74) is 7.11. The Labute approximate surface area is 284 Å². The first-order chi connectivity index (χ1) is 23.3. The van der Waals surface area contributed by atoms with Crippen LogP contribution in [0, 0.1) is 18.8 Å². The molecule has 4 atom stereocenters. The number of hydrogen-bond acceptors (Lipinski definition) is 10. The van der Waals surface area contributed by atoms with Crippen LogP contribution in [0.1, 0.15) is 34.2 Å². The molecule has 0 bridgehead atoms. The number of Topliss-reactive ketones (excluding diaryl/α,β-unsaturated/α-hetero) is 2. The molecule has 0 aliphatic heterocycles. The normalized spacial score (nSPS) is 23.3. The van der Waals surface area contributed by atoms with Crippen molar-refractivity contribution >= 4 is 23.2 Å². The number of likely N-dealkylation sites (N-methyl/N-ethyl adjacent to an activating group) is 1. The number of primary amides is 1. The van der Waals surface area contributed by atoms with Gasteiger partial charge >= 0.3 is 0 Å². The molecule has 11 heteroatoms. The average Bonchev–Trinajstić information content (AvgIpc) is 3.05. The molecule has 3 aliphatic carbocycles. The van der Waals surface area contributed by atoms with Crippen LogP contribution in [0.3, 0.4) is 0 Å². The molecule has 49 heavy (non-hydrogen) atoms. The zero-order chi connectivity index (χ0) is 35.4. The standard InChI is InChI=1S/C38H41N3O8/c1-19-5-7-20(8-6-19)13-14-40-18-21-9-12-28(49-4)24(15-21)23-10-11-27(42)30-25(23)16-22-17-26-32(41(2)3)34(44)31(37(39)47)36(46)38(26,48)35(45)29(22)33(30)43/h5-12,15,22,26,32,40,42-43,46,48H,13-14,16-18H2,1-4H3,(H2,39,47). The molecule has 3 aromatic rings. The number of amides is 1. The number of hydrogen-bond donors (Lipinski definition) is 6. The molecule has 1 amide bonds. The van der Waals surface area contributed by atoms with Crippen LogP contribution in [0.15, 0.2) is 71.5 Å². The number of phenolic OH excluding ortho intramolecular Hbond substituents is 1. The van der Waals surface area contributed by atoms with Crippen molar-refractivity contribution in [3.8, 4) is 22.6 Å². The number of carbonyl (C=O) groups is 3. The summed E-state index contributed by atoms with van der Waals surface area (Å²) in [5, 5.41) is 49.2. The van der Waals surface area contributed by atoms with Crippen LogP contribution < -0.4 is 15.8 Å². The molecule has 11 nitrogen and oxygen atoms in total. The summed E-state index contributed by atoms with van der Waals surface area (Å²) in [6, 6.07) is 16.3. The molecule has 0 spiro atoms. The molecule has 6 rings (SSSR count). The molecule has 0 saturated heterocycles. The number of methoxy groups -OCH3 is 1. The van der Waals surface area contributed by atoms with Crippen LogP contribution in [0.2, 0.25) is 0 Å². The fourth-order valence-electron chi connectivity index (χ4n) is 7.79. The summed E-state index contributed by atoms with van der Waals surface area (Å²) >= 11 is 0. The van der Waals surface area contributed by atoms with Crippen LogP contribution in [-0.4, -0.2) is 82.2 Å². The summed E-state index contributed by atoms with van der Waals surface area (Å²) in [6.45, 7) is 3.41. The van der Waals surface area contributed by atoms with Crippen molar-refractivity contribution in [1.29, 1.82) is 0 Å². The number of nitrogens with one attached hydrogen (secondary N) is 1. The number of aliphatic hydroxyl groups excluding tert-OH is 2. The molecule has 3 aromatic carbocycles. The van der Waals surface area contributed by atoms with Gasteiger partial charge in [-0.3, -0.25) is 19.3 Å². The van der Waals surface area contributed by atoms with E-state index in [0.717, 1.165) is 24.1 Å². The Morgan fingerprint density at radius 1 is 1.02 bits per heavy atom. The highest BCUT2D eigenvalue weighted by Crippen LogP contribution is 2.54. The number of nitrogens with zero attached hydrogens (tertiary/aromatic N) is 1. The molecule has 1 fully saturated rings. The number of ether oxygens (including phenoxy) is 1. The minimum Gasteiger partial charge on any atom is -0.508 e. The topological polar surface area (TPSA) is 183 Å². The maximum absolute atomic E-state index is 14.2. The SMILES string of the molecule is COc1ccc(CNCCc2ccc(C)cc2)cc1-c1ccc(O)c2c1CC1CC3C(N(C)C)C(=O)C(C(N)=O)=C(O)C3(O)C(=O)C1=C2O. The second-order valence-electron chi connectivity index (χ2n) is 13.4. The number of ketones is 2. The minimum absolute atomic E-state index is 0.00291. The van der Waals surface area contributed by atoms with E-state index in [1.807, 2.05) is 18.2 Å². The van der Waals surface area contributed by atoms with E-state index in [4.69, 9.17) is 10.5 Å². The Bertz CT molecular complexity index is 1930. The predicted molar refractivity (Wildman–Crippen MR) is 183 cm³/mol. The first kappa shape index (κ1) is 33.9. The fourth-order valence-corrected chi connectivity index (χ4v) is 7.79. The molecule has 3 aliphatic rings. The van der Waals surface area contributed by atoms with Gasteiger partial charge in [0.05, 0.1) is 18.7 Å². The van der Waals surface area contributed by atoms with Crippen molar-refractivity contribution in [3.05, 3.63) is 99.3 Å². The summed E-state index contributed by atoms with van der Waals surface area (Å²) in [5.74, 6) is -6.33. The zero-order valence-electron chi connectivity index (χ0n) is 27.9. The van der Waals surface area contributed by atoms with Gasteiger partial charge in [0.2, 0.25) is 5.78 Å². The van der Waals surface area contributed by atoms with E-state index in [9.17, 15) is 34.8 Å². The lowest BCUT2D eigenvalue weighted by atomic mass is 9.57. The number of aryl methyl sites for hydroxylation is 1. The van der Waals surface area contributed by atoms with E-state index in [0.29, 0.717) is 23.4 Å². The van der Waals surface area contributed by atoms with Gasteiger partial charge in [0.1, 0.15) is 28.6 Å². The lowest BCUT2D eigenvalue weighted by Crippen LogP contribution is -2.65. The van der Waals surface area contributed by atoms with E-state index in [-0.39, 0.29) is 29.7 Å². The number of carbonyl (C=O) groups excluding carboxylic acids is 3. The second-order valence-corrected chi connectivity index (χ2v) is 13.4. The van der Waals surface area contributed by atoms with Crippen molar-refractivity contribution in [1.82, 2.24) is 10.2 Å². The fraction of sp³-hybridized carbons (Fsp3) is 0.342. The van der Waals surface area contributed by atoms with Crippen molar-refractivity contribution in [2.24, 2.45) is 17.6 Å². The Morgan fingerprint density at radius 2 is 1.71 bits per heavy atom. The van der Waals surface area contributed by atoms with Crippen LogP contribution in [0.25, 0.3) is 16.9 Å². The smallest absolute Gasteiger partial charge is 0.255 e. The largest absolute Gasteiger partial charge is 0.508 e. The lowest BCUT2D eigenvalue weighted by molar-refractivity contribution is -0.153. The number of aliphatic hydroxyl groups is 3. The van der Waals surface area contributed by atoms with Gasteiger partial charge in [0, 0.05) is 23.6 Å². The molecular formula is C38H41N3O8. The number of aromatic hydroxyl groups is 1. The number of nitrogens with two attached hydrogens (primary N) is 1. The molecule has 0 radical (unpaired) electrons. The van der Waals surface area contributed by atoms with E-state index in [2.05, 4.69) is 36.5 Å². The van der Waals surface area contributed by atoms with Gasteiger partial charge in [-0.2, -0.15) is 0 Å². The van der Waals surface area contributed by atoms with Gasteiger partial charge in [-0.25, -0.2) is 0 Å². The van der Waals surface area contributed by atoms with E-state index in [1.54, 1.807) is 27.3 Å². The first-order valence-corrected chi connectivity index (χ1v) is 16.2. The molecule has 7 N–H and O–H groups in total. The Hall–Kier alpha value is -4.97. The van der Waals surface area contributed by atoms with Crippen LogP contribution in [-0.2, 0) is 33.8 Å². The van der Waals surface area contributed by atoms with Crippen molar-refractivity contribution in [3.63, 3.8) is 0 Å². The highest BCUT2D eigenvalue weighted by atomic mass is 16.5. The summed E-state index contributed by atoms with van der Waals surface area (Å²) in [4.78, 5) is 41.3. The van der Waals surface area contributed by atoms with Crippen molar-refractivity contribution < 1.29 is 39.5 Å². The van der Waals surface area contributed by atoms with Crippen LogP contribution in [0.4, 0.5) is 0 Å². The van der Waals surface area contributed by atoms with Crippen LogP contribution >= 0.6 is 0 Å². The number of phenols is 1. The van der Waals surface area contributed by atoms with Gasteiger partial charge in [0.25, 0.3) is 5.91 Å². The summed E-state index contributed by atoms with van der Waals surface area (Å²) in [6.07, 6.45) is 1.04. The maximum atomic E-state index is 14.2. The van der Waals surface area contributed by atoms with Gasteiger partial charge in [-0.05, 0) is 93.2 Å². The Kier molecular flexibility index (Phi) is 8.87. The highest BCUT2D eigenvalue weighted by molar-refractivity contribution is 6.24. The quantitative estimate of drug-likeness (QED) is 0.146. The number of benzene rings is 3. The minimum atomic E-state index is -2.69. The average molecular weight is 668 g/mol. The van der Waals surface area contributed by atoms with Crippen molar-refractivity contribution in [2.75, 3.05) is 27.7 Å². The molecular weight excluding hydrogens is 626 g/mol. The van der Waals surface area contributed by atoms with Gasteiger partial charge < -0.3 is 36.2 Å². The molecule has 4 unspecified atom stereocenters. The monoisotopic (exact) mass is 667 g/mol. The molecule has 0 heterocycles. The van der Waals surface area contributed by atoms with Gasteiger partial charge in [-0.15, -0.1) is 0 Å². The van der Waals surface area contributed by atoms with Gasteiger partial charge in [-0.1, -0.05) is 42.0 Å². The molecule has 1 saturated carbocycles. The highest BCUT2D eigenvalue weighted by Gasteiger charge is 2.64. The second kappa shape index (κ2) is 12.8. The first-order valence-electron chi connectivity index (χ1n) is 16.2.